The zero-order chi connectivity index (χ0) is 15.5. The van der Waals surface area contributed by atoms with Gasteiger partial charge in [-0.2, -0.15) is 4.31 Å². The molecule has 0 saturated carbocycles. The van der Waals surface area contributed by atoms with Gasteiger partial charge in [-0.15, -0.1) is 11.8 Å². The van der Waals surface area contributed by atoms with Crippen LogP contribution in [0.4, 0.5) is 0 Å². The first-order valence-electron chi connectivity index (χ1n) is 6.85. The van der Waals surface area contributed by atoms with Crippen LogP contribution in [0.1, 0.15) is 25.3 Å². The lowest BCUT2D eigenvalue weighted by molar-refractivity contribution is -0.140. The van der Waals surface area contributed by atoms with Crippen LogP contribution in [0, 0.1) is 0 Å². The summed E-state index contributed by atoms with van der Waals surface area (Å²) in [6, 6.07) is 7.91. The average Bonchev–Trinajstić information content (AvgIpc) is 2.85. The van der Waals surface area contributed by atoms with E-state index >= 15 is 0 Å². The lowest BCUT2D eigenvalue weighted by Gasteiger charge is -2.26. The summed E-state index contributed by atoms with van der Waals surface area (Å²) >= 11 is 1.41. The summed E-state index contributed by atoms with van der Waals surface area (Å²) < 4.78 is 26.5. The topological polar surface area (TPSA) is 74.7 Å². The summed E-state index contributed by atoms with van der Waals surface area (Å²) in [4.78, 5) is 11.3. The first kappa shape index (κ1) is 16.3. The third-order valence-electron chi connectivity index (χ3n) is 3.37. The molecule has 116 valence electrons. The van der Waals surface area contributed by atoms with Crippen molar-refractivity contribution < 1.29 is 18.3 Å². The molecule has 0 amide bonds. The van der Waals surface area contributed by atoms with Gasteiger partial charge in [0.05, 0.1) is 11.1 Å². The van der Waals surface area contributed by atoms with E-state index in [1.165, 1.54) is 16.1 Å². The van der Waals surface area contributed by atoms with Gasteiger partial charge in [-0.05, 0) is 12.0 Å². The maximum atomic E-state index is 12.7. The van der Waals surface area contributed by atoms with Crippen molar-refractivity contribution in [1.29, 1.82) is 0 Å². The normalized spacial score (nSPS) is 23.3. The van der Waals surface area contributed by atoms with E-state index in [-0.39, 0.29) is 11.1 Å². The third kappa shape index (κ3) is 3.78. The Kier molecular flexibility index (Phi) is 5.29. The zero-order valence-electron chi connectivity index (χ0n) is 11.8. The van der Waals surface area contributed by atoms with Crippen molar-refractivity contribution in [3.05, 3.63) is 35.9 Å². The first-order chi connectivity index (χ1) is 9.95. The Labute approximate surface area is 129 Å². The van der Waals surface area contributed by atoms with Crippen LogP contribution >= 0.6 is 11.8 Å². The van der Waals surface area contributed by atoms with Crippen LogP contribution in [-0.4, -0.2) is 41.0 Å². The molecule has 0 spiro atoms. The number of thioether (sulfide) groups is 1. The van der Waals surface area contributed by atoms with Gasteiger partial charge in [0, 0.05) is 5.75 Å². The van der Waals surface area contributed by atoms with Crippen molar-refractivity contribution in [3.63, 3.8) is 0 Å². The van der Waals surface area contributed by atoms with Crippen LogP contribution in [0.15, 0.2) is 30.3 Å². The number of hydrogen-bond acceptors (Lipinski definition) is 4. The first-order valence-corrected chi connectivity index (χ1v) is 9.51. The monoisotopic (exact) mass is 329 g/mol. The minimum atomic E-state index is -3.65. The lowest BCUT2D eigenvalue weighted by Crippen LogP contribution is -2.45. The Bertz CT molecular complexity index is 588. The van der Waals surface area contributed by atoms with Gasteiger partial charge in [0.15, 0.2) is 0 Å². The molecule has 5 nitrogen and oxygen atoms in total. The summed E-state index contributed by atoms with van der Waals surface area (Å²) in [6.07, 6.45) is 1.49. The predicted molar refractivity (Wildman–Crippen MR) is 83.5 cm³/mol. The molecule has 2 atom stereocenters. The molecule has 0 bridgehead atoms. The van der Waals surface area contributed by atoms with E-state index in [1.54, 1.807) is 24.3 Å². The van der Waals surface area contributed by atoms with E-state index in [2.05, 4.69) is 0 Å². The third-order valence-corrected chi connectivity index (χ3v) is 6.71. The molecule has 2 unspecified atom stereocenters. The summed E-state index contributed by atoms with van der Waals surface area (Å²) in [5.74, 6) is -0.912. The van der Waals surface area contributed by atoms with Gasteiger partial charge in [-0.1, -0.05) is 43.7 Å². The molecule has 7 heteroatoms. The van der Waals surface area contributed by atoms with Gasteiger partial charge in [0.2, 0.25) is 10.0 Å². The van der Waals surface area contributed by atoms with Crippen molar-refractivity contribution in [2.45, 2.75) is 36.9 Å². The van der Waals surface area contributed by atoms with Crippen LogP contribution in [0.25, 0.3) is 0 Å². The molecule has 2 rings (SSSR count). The molecule has 1 aliphatic heterocycles. The second-order valence-electron chi connectivity index (χ2n) is 5.00. The number of sulfonamides is 1. The minimum absolute atomic E-state index is 0.154. The van der Waals surface area contributed by atoms with Crippen LogP contribution < -0.4 is 0 Å². The smallest absolute Gasteiger partial charge is 0.322 e. The van der Waals surface area contributed by atoms with Gasteiger partial charge in [-0.25, -0.2) is 8.42 Å². The Morgan fingerprint density at radius 2 is 2.05 bits per heavy atom. The molecule has 1 aromatic rings. The number of aliphatic carboxylic acids is 1. The molecule has 0 aliphatic carbocycles. The summed E-state index contributed by atoms with van der Waals surface area (Å²) in [5, 5.41) is 9.01. The van der Waals surface area contributed by atoms with Gasteiger partial charge in [-0.3, -0.25) is 4.79 Å². The van der Waals surface area contributed by atoms with Gasteiger partial charge in [0.25, 0.3) is 0 Å². The second-order valence-corrected chi connectivity index (χ2v) is 8.09. The fraction of sp³-hybridized carbons (Fsp3) is 0.500. The van der Waals surface area contributed by atoms with E-state index in [0.29, 0.717) is 17.7 Å². The molecule has 1 fully saturated rings. The van der Waals surface area contributed by atoms with Crippen LogP contribution in [0.2, 0.25) is 0 Å². The Balaban J connectivity index is 2.27. The van der Waals surface area contributed by atoms with E-state index in [1.807, 2.05) is 13.0 Å². The minimum Gasteiger partial charge on any atom is -0.480 e. The van der Waals surface area contributed by atoms with Crippen LogP contribution in [0.3, 0.4) is 0 Å². The molecule has 1 saturated heterocycles. The van der Waals surface area contributed by atoms with E-state index in [9.17, 15) is 18.3 Å². The van der Waals surface area contributed by atoms with Gasteiger partial charge in [0.1, 0.15) is 6.04 Å². The molecule has 21 heavy (non-hydrogen) atoms. The quantitative estimate of drug-likeness (QED) is 0.865. The summed E-state index contributed by atoms with van der Waals surface area (Å²) in [5.41, 5.74) is 0.675. The number of carboxylic acids is 1. The average molecular weight is 329 g/mol. The highest BCUT2D eigenvalue weighted by Gasteiger charge is 2.45. The number of benzene rings is 1. The Hall–Kier alpha value is -1.05. The lowest BCUT2D eigenvalue weighted by atomic mass is 10.2. The van der Waals surface area contributed by atoms with Gasteiger partial charge >= 0.3 is 5.97 Å². The van der Waals surface area contributed by atoms with Crippen molar-refractivity contribution in [1.82, 2.24) is 4.31 Å². The van der Waals surface area contributed by atoms with Crippen molar-refractivity contribution in [3.8, 4) is 0 Å². The SMILES string of the molecule is CCCC1SCC(C(=O)O)N1S(=O)(=O)Cc1ccccc1. The number of rotatable bonds is 6. The maximum Gasteiger partial charge on any atom is 0.322 e. The fourth-order valence-electron chi connectivity index (χ4n) is 2.42. The second kappa shape index (κ2) is 6.81. The van der Waals surface area contributed by atoms with Crippen molar-refractivity contribution in [2.24, 2.45) is 0 Å². The Morgan fingerprint density at radius 3 is 2.62 bits per heavy atom. The van der Waals surface area contributed by atoms with Gasteiger partial charge < -0.3 is 5.11 Å². The van der Waals surface area contributed by atoms with E-state index in [4.69, 9.17) is 0 Å². The van der Waals surface area contributed by atoms with Crippen LogP contribution in [0.5, 0.6) is 0 Å². The zero-order valence-corrected chi connectivity index (χ0v) is 13.4. The highest BCUT2D eigenvalue weighted by Crippen LogP contribution is 2.35. The molecule has 0 aromatic heterocycles. The summed E-state index contributed by atoms with van der Waals surface area (Å²) in [6.45, 7) is 1.97. The molecule has 0 radical (unpaired) electrons. The number of nitrogens with zero attached hydrogens (tertiary/aromatic N) is 1. The van der Waals surface area contributed by atoms with Crippen molar-refractivity contribution in [2.75, 3.05) is 5.75 Å². The Morgan fingerprint density at radius 1 is 1.38 bits per heavy atom. The largest absolute Gasteiger partial charge is 0.480 e. The molecule has 1 aliphatic rings. The molecule has 1 N–H and O–H groups in total. The van der Waals surface area contributed by atoms with Crippen molar-refractivity contribution >= 4 is 27.8 Å². The number of carbonyl (C=O) groups is 1. The predicted octanol–water partition coefficient (Wildman–Crippen LogP) is 2.14. The number of hydrogen-bond donors (Lipinski definition) is 1. The standard InChI is InChI=1S/C14H19NO4S2/c1-2-6-13-15(12(9-20-13)14(16)17)21(18,19)10-11-7-4-3-5-8-11/h3-5,7-8,12-13H,2,6,9-10H2,1H3,(H,16,17). The van der Waals surface area contributed by atoms with E-state index in [0.717, 1.165) is 6.42 Å². The molecular weight excluding hydrogens is 310 g/mol. The molecule has 1 heterocycles. The van der Waals surface area contributed by atoms with Crippen LogP contribution in [-0.2, 0) is 20.6 Å². The molecular formula is C14H19NO4S2. The van der Waals surface area contributed by atoms with E-state index < -0.39 is 22.0 Å². The summed E-state index contributed by atoms with van der Waals surface area (Å²) in [7, 11) is -3.65. The molecule has 1 aromatic carbocycles. The number of carboxylic acid groups (broad SMARTS) is 1. The fourth-order valence-corrected chi connectivity index (χ4v) is 6.27. The maximum absolute atomic E-state index is 12.7. The highest BCUT2D eigenvalue weighted by atomic mass is 32.2. The highest BCUT2D eigenvalue weighted by molar-refractivity contribution is 8.01.